The SMILES string of the molecule is CC(C)c1[c]c(C(C)C)c(C(=O)COc2c(C(C)C)cc(C(C)C)cc2C(C)C)cc1. The van der Waals surface area contributed by atoms with Gasteiger partial charge >= 0.3 is 0 Å². The van der Waals surface area contributed by atoms with E-state index in [2.05, 4.69) is 87.4 Å². The molecule has 0 spiro atoms. The number of ether oxygens (including phenoxy) is 1. The van der Waals surface area contributed by atoms with Crippen molar-refractivity contribution in [2.45, 2.75) is 98.8 Å². The minimum absolute atomic E-state index is 0.0209. The van der Waals surface area contributed by atoms with Gasteiger partial charge in [0.25, 0.3) is 0 Å². The summed E-state index contributed by atoms with van der Waals surface area (Å²) in [5, 5.41) is 0. The van der Waals surface area contributed by atoms with E-state index in [1.807, 2.05) is 12.1 Å². The monoisotopic (exact) mass is 421 g/mol. The smallest absolute Gasteiger partial charge is 0.200 e. The van der Waals surface area contributed by atoms with Crippen molar-refractivity contribution in [3.05, 3.63) is 63.7 Å². The molecule has 1 radical (unpaired) electrons. The van der Waals surface area contributed by atoms with Crippen LogP contribution in [-0.2, 0) is 0 Å². The number of ketones is 1. The summed E-state index contributed by atoms with van der Waals surface area (Å²) in [5.74, 6) is 2.64. The molecule has 0 fully saturated rings. The fourth-order valence-electron chi connectivity index (χ4n) is 3.83. The highest BCUT2D eigenvalue weighted by Gasteiger charge is 2.21. The first-order valence-corrected chi connectivity index (χ1v) is 11.8. The van der Waals surface area contributed by atoms with Gasteiger partial charge in [0.05, 0.1) is 0 Å². The first-order chi connectivity index (χ1) is 14.4. The molecule has 0 heterocycles. The molecule has 0 atom stereocenters. The maximum atomic E-state index is 13.2. The molecule has 0 aliphatic rings. The summed E-state index contributed by atoms with van der Waals surface area (Å²) in [6, 6.07) is 12.0. The molecule has 31 heavy (non-hydrogen) atoms. The zero-order valence-electron chi connectivity index (χ0n) is 21.2. The van der Waals surface area contributed by atoms with Crippen LogP contribution in [0.4, 0.5) is 0 Å². The van der Waals surface area contributed by atoms with Crippen molar-refractivity contribution in [1.82, 2.24) is 0 Å². The lowest BCUT2D eigenvalue weighted by molar-refractivity contribution is 0.0918. The minimum atomic E-state index is 0.0209. The molecule has 0 saturated heterocycles. The van der Waals surface area contributed by atoms with Crippen molar-refractivity contribution in [2.75, 3.05) is 6.61 Å². The van der Waals surface area contributed by atoms with Crippen LogP contribution in [0.15, 0.2) is 24.3 Å². The van der Waals surface area contributed by atoms with Crippen molar-refractivity contribution in [3.63, 3.8) is 0 Å². The molecule has 2 heteroatoms. The van der Waals surface area contributed by atoms with Crippen LogP contribution in [0.5, 0.6) is 5.75 Å². The van der Waals surface area contributed by atoms with Crippen LogP contribution in [0.2, 0.25) is 0 Å². The van der Waals surface area contributed by atoms with E-state index >= 15 is 0 Å². The normalized spacial score (nSPS) is 12.0. The highest BCUT2D eigenvalue weighted by molar-refractivity contribution is 5.98. The summed E-state index contributed by atoms with van der Waals surface area (Å²) in [6.45, 7) is 21.8. The molecule has 0 amide bonds. The van der Waals surface area contributed by atoms with Gasteiger partial charge in [-0.2, -0.15) is 0 Å². The second kappa shape index (κ2) is 10.5. The maximum Gasteiger partial charge on any atom is 0.200 e. The zero-order chi connectivity index (χ0) is 23.5. The van der Waals surface area contributed by atoms with Crippen LogP contribution in [0.3, 0.4) is 0 Å². The van der Waals surface area contributed by atoms with Crippen molar-refractivity contribution in [1.29, 1.82) is 0 Å². The predicted molar refractivity (Wildman–Crippen MR) is 132 cm³/mol. The van der Waals surface area contributed by atoms with Crippen LogP contribution in [0.25, 0.3) is 0 Å². The van der Waals surface area contributed by atoms with Crippen LogP contribution in [0.1, 0.15) is 137 Å². The lowest BCUT2D eigenvalue weighted by atomic mass is 9.88. The molecule has 0 aliphatic carbocycles. The summed E-state index contributed by atoms with van der Waals surface area (Å²) in [4.78, 5) is 13.2. The van der Waals surface area contributed by atoms with Gasteiger partial charge in [-0.3, -0.25) is 4.79 Å². The third-order valence-corrected chi connectivity index (χ3v) is 5.93. The molecule has 0 aliphatic heterocycles. The number of Topliss-reactive ketones (excluding diaryl/α,β-unsaturated/α-hetero) is 1. The lowest BCUT2D eigenvalue weighted by Crippen LogP contribution is -2.17. The van der Waals surface area contributed by atoms with Crippen molar-refractivity contribution < 1.29 is 9.53 Å². The van der Waals surface area contributed by atoms with Gasteiger partial charge in [-0.15, -0.1) is 0 Å². The van der Waals surface area contributed by atoms with Crippen molar-refractivity contribution >= 4 is 5.78 Å². The number of rotatable bonds is 9. The Morgan fingerprint density at radius 3 is 1.74 bits per heavy atom. The molecule has 169 valence electrons. The average molecular weight is 422 g/mol. The van der Waals surface area contributed by atoms with E-state index in [9.17, 15) is 4.79 Å². The Bertz CT molecular complexity index is 872. The van der Waals surface area contributed by atoms with E-state index in [0.29, 0.717) is 23.7 Å². The van der Waals surface area contributed by atoms with Crippen LogP contribution < -0.4 is 4.74 Å². The van der Waals surface area contributed by atoms with Gasteiger partial charge in [-0.1, -0.05) is 93.5 Å². The van der Waals surface area contributed by atoms with Gasteiger partial charge < -0.3 is 4.74 Å². The second-order valence-electron chi connectivity index (χ2n) is 10.3. The van der Waals surface area contributed by atoms with E-state index in [0.717, 1.165) is 22.4 Å². The van der Waals surface area contributed by atoms with E-state index in [-0.39, 0.29) is 18.3 Å². The van der Waals surface area contributed by atoms with E-state index in [1.54, 1.807) is 0 Å². The average Bonchev–Trinajstić information content (AvgIpc) is 2.70. The van der Waals surface area contributed by atoms with Crippen LogP contribution in [-0.4, -0.2) is 12.4 Å². The van der Waals surface area contributed by atoms with Crippen molar-refractivity contribution in [2.24, 2.45) is 0 Å². The highest BCUT2D eigenvalue weighted by Crippen LogP contribution is 2.38. The topological polar surface area (TPSA) is 26.3 Å². The third-order valence-electron chi connectivity index (χ3n) is 5.93. The molecule has 0 saturated carbocycles. The molecule has 0 N–H and O–H groups in total. The van der Waals surface area contributed by atoms with Gasteiger partial charge in [0.2, 0.25) is 5.78 Å². The molecule has 2 rings (SSSR count). The van der Waals surface area contributed by atoms with E-state index < -0.39 is 0 Å². The molecule has 2 aromatic rings. The van der Waals surface area contributed by atoms with Gasteiger partial charge in [-0.05, 0) is 63.5 Å². The Morgan fingerprint density at radius 2 is 1.32 bits per heavy atom. The Balaban J connectivity index is 2.41. The quantitative estimate of drug-likeness (QED) is 0.380. The molecular formula is C29H41O2. The van der Waals surface area contributed by atoms with Crippen LogP contribution >= 0.6 is 0 Å². The maximum absolute atomic E-state index is 13.2. The zero-order valence-corrected chi connectivity index (χ0v) is 21.2. The number of carbonyl (C=O) groups excluding carboxylic acids is 1. The molecule has 0 aromatic heterocycles. The van der Waals surface area contributed by atoms with Crippen molar-refractivity contribution in [3.8, 4) is 5.75 Å². The van der Waals surface area contributed by atoms with Gasteiger partial charge in [-0.25, -0.2) is 0 Å². The molecule has 2 nitrogen and oxygen atoms in total. The Hall–Kier alpha value is -2.09. The molecule has 0 unspecified atom stereocenters. The standard InChI is InChI=1S/C29H41O2/c1-17(2)22-11-12-24(25(13-22)19(5)6)28(30)16-31-29-26(20(7)8)14-23(18(3)4)15-27(29)21(9)10/h11-12,14-15,17-21H,16H2,1-10H3. The summed E-state index contributed by atoms with van der Waals surface area (Å²) in [7, 11) is 0. The van der Waals surface area contributed by atoms with E-state index in [1.165, 1.54) is 16.7 Å². The Morgan fingerprint density at radius 1 is 0.774 bits per heavy atom. The summed E-state index contributed by atoms with van der Waals surface area (Å²) in [6.07, 6.45) is 0. The first kappa shape index (κ1) is 25.2. The fraction of sp³-hybridized carbons (Fsp3) is 0.552. The molecular weight excluding hydrogens is 380 g/mol. The molecule has 2 aromatic carbocycles. The number of benzene rings is 2. The largest absolute Gasteiger partial charge is 0.485 e. The van der Waals surface area contributed by atoms with E-state index in [4.69, 9.17) is 4.74 Å². The molecule has 0 bridgehead atoms. The summed E-state index contributed by atoms with van der Waals surface area (Å²) >= 11 is 0. The summed E-state index contributed by atoms with van der Waals surface area (Å²) in [5.41, 5.74) is 6.57. The fourth-order valence-corrected chi connectivity index (χ4v) is 3.83. The number of hydrogen-bond donors (Lipinski definition) is 0. The Kier molecular flexibility index (Phi) is 8.51. The van der Waals surface area contributed by atoms with Crippen LogP contribution in [0, 0.1) is 6.07 Å². The first-order valence-electron chi connectivity index (χ1n) is 11.8. The Labute approximate surface area is 190 Å². The highest BCUT2D eigenvalue weighted by atomic mass is 16.5. The van der Waals surface area contributed by atoms with Gasteiger partial charge in [0.1, 0.15) is 5.75 Å². The second-order valence-corrected chi connectivity index (χ2v) is 10.3. The lowest BCUT2D eigenvalue weighted by Gasteiger charge is -2.23. The summed E-state index contributed by atoms with van der Waals surface area (Å²) < 4.78 is 6.29. The minimum Gasteiger partial charge on any atom is -0.485 e. The third kappa shape index (κ3) is 5.99. The predicted octanol–water partition coefficient (Wildman–Crippen LogP) is 8.37. The van der Waals surface area contributed by atoms with Gasteiger partial charge in [0.15, 0.2) is 6.61 Å². The number of carbonyl (C=O) groups is 1. The number of hydrogen-bond acceptors (Lipinski definition) is 2. The van der Waals surface area contributed by atoms with Gasteiger partial charge in [0, 0.05) is 5.56 Å².